The fraction of sp³-hybridized carbons (Fsp3) is 0.467. The lowest BCUT2D eigenvalue weighted by molar-refractivity contribution is -0.140. The van der Waals surface area contributed by atoms with E-state index in [-0.39, 0.29) is 11.9 Å². The van der Waals surface area contributed by atoms with Gasteiger partial charge >= 0.3 is 5.97 Å². The van der Waals surface area contributed by atoms with Gasteiger partial charge in [0.05, 0.1) is 7.11 Å². The number of carbonyl (C=O) groups excluding carboxylic acids is 2. The van der Waals surface area contributed by atoms with Gasteiger partial charge in [0.15, 0.2) is 0 Å². The molecule has 0 bridgehead atoms. The molecule has 0 aromatic heterocycles. The smallest absolute Gasteiger partial charge is 0.305 e. The average molecular weight is 263 g/mol. The third kappa shape index (κ3) is 4.73. The molecule has 0 aliphatic carbocycles. The Kier molecular flexibility index (Phi) is 5.55. The van der Waals surface area contributed by atoms with Crippen LogP contribution in [0.2, 0.25) is 0 Å². The Labute approximate surface area is 114 Å². The van der Waals surface area contributed by atoms with Gasteiger partial charge in [-0.05, 0) is 32.4 Å². The molecular weight excluding hydrogens is 242 g/mol. The van der Waals surface area contributed by atoms with E-state index in [1.54, 1.807) is 11.9 Å². The molecule has 4 heteroatoms. The summed E-state index contributed by atoms with van der Waals surface area (Å²) < 4.78 is 4.57. The van der Waals surface area contributed by atoms with E-state index < -0.39 is 0 Å². The molecule has 104 valence electrons. The van der Waals surface area contributed by atoms with E-state index in [4.69, 9.17) is 0 Å². The molecule has 4 nitrogen and oxygen atoms in total. The molecule has 1 aromatic carbocycles. The van der Waals surface area contributed by atoms with Gasteiger partial charge in [-0.2, -0.15) is 0 Å². The van der Waals surface area contributed by atoms with Crippen LogP contribution in [0.5, 0.6) is 0 Å². The van der Waals surface area contributed by atoms with Crippen LogP contribution in [0.1, 0.15) is 34.3 Å². The molecule has 0 radical (unpaired) electrons. The summed E-state index contributed by atoms with van der Waals surface area (Å²) in [4.78, 5) is 24.8. The molecule has 0 saturated carbocycles. The van der Waals surface area contributed by atoms with Crippen molar-refractivity contribution < 1.29 is 14.3 Å². The van der Waals surface area contributed by atoms with Gasteiger partial charge in [-0.25, -0.2) is 0 Å². The number of rotatable bonds is 5. The maximum absolute atomic E-state index is 12.2. The van der Waals surface area contributed by atoms with Gasteiger partial charge in [0.1, 0.15) is 0 Å². The van der Waals surface area contributed by atoms with Crippen molar-refractivity contribution in [1.82, 2.24) is 4.90 Å². The Bertz CT molecular complexity index is 448. The Morgan fingerprint density at radius 2 is 1.74 bits per heavy atom. The maximum atomic E-state index is 12.2. The second-order valence-corrected chi connectivity index (χ2v) is 4.78. The normalized spacial score (nSPS) is 10.1. The van der Waals surface area contributed by atoms with Crippen LogP contribution in [0, 0.1) is 13.8 Å². The van der Waals surface area contributed by atoms with Crippen molar-refractivity contribution in [3.05, 3.63) is 34.9 Å². The van der Waals surface area contributed by atoms with Crippen LogP contribution in [0.15, 0.2) is 18.2 Å². The number of hydrogen-bond acceptors (Lipinski definition) is 3. The van der Waals surface area contributed by atoms with Crippen LogP contribution in [-0.4, -0.2) is 37.5 Å². The number of benzene rings is 1. The van der Waals surface area contributed by atoms with E-state index in [2.05, 4.69) is 4.74 Å². The van der Waals surface area contributed by atoms with Gasteiger partial charge in [-0.3, -0.25) is 9.59 Å². The molecule has 1 aromatic rings. The molecule has 0 N–H and O–H groups in total. The summed E-state index contributed by atoms with van der Waals surface area (Å²) in [6.07, 6.45) is 0.945. The molecule has 0 aliphatic heterocycles. The fourth-order valence-corrected chi connectivity index (χ4v) is 1.98. The minimum atomic E-state index is -0.243. The Morgan fingerprint density at radius 3 is 2.26 bits per heavy atom. The number of ether oxygens (including phenoxy) is 1. The molecule has 0 saturated heterocycles. The van der Waals surface area contributed by atoms with E-state index in [1.807, 2.05) is 32.0 Å². The van der Waals surface area contributed by atoms with Gasteiger partial charge in [0, 0.05) is 25.6 Å². The molecule has 0 spiro atoms. The predicted molar refractivity (Wildman–Crippen MR) is 74.1 cm³/mol. The summed E-state index contributed by atoms with van der Waals surface area (Å²) in [6.45, 7) is 4.49. The van der Waals surface area contributed by atoms with Gasteiger partial charge in [-0.1, -0.05) is 17.2 Å². The van der Waals surface area contributed by atoms with Crippen molar-refractivity contribution in [2.24, 2.45) is 0 Å². The summed E-state index contributed by atoms with van der Waals surface area (Å²) in [5.41, 5.74) is 2.84. The standard InChI is InChI=1S/C15H21NO3/c1-11-8-12(2)10-13(9-11)15(18)16(3)7-5-6-14(17)19-4/h8-10H,5-7H2,1-4H3. The van der Waals surface area contributed by atoms with Crippen LogP contribution in [-0.2, 0) is 9.53 Å². The van der Waals surface area contributed by atoms with Gasteiger partial charge < -0.3 is 9.64 Å². The lowest BCUT2D eigenvalue weighted by Gasteiger charge is -2.17. The molecule has 1 amide bonds. The monoisotopic (exact) mass is 263 g/mol. The van der Waals surface area contributed by atoms with E-state index in [0.717, 1.165) is 11.1 Å². The average Bonchev–Trinajstić information content (AvgIpc) is 2.36. The van der Waals surface area contributed by atoms with Crippen molar-refractivity contribution in [1.29, 1.82) is 0 Å². The number of amides is 1. The number of methoxy groups -OCH3 is 1. The third-order valence-corrected chi connectivity index (χ3v) is 2.92. The zero-order valence-corrected chi connectivity index (χ0v) is 12.0. The fourth-order valence-electron chi connectivity index (χ4n) is 1.98. The highest BCUT2D eigenvalue weighted by atomic mass is 16.5. The molecule has 0 aliphatic rings. The van der Waals surface area contributed by atoms with Crippen LogP contribution in [0.4, 0.5) is 0 Å². The summed E-state index contributed by atoms with van der Waals surface area (Å²) in [6, 6.07) is 5.80. The van der Waals surface area contributed by atoms with E-state index in [1.165, 1.54) is 7.11 Å². The van der Waals surface area contributed by atoms with Gasteiger partial charge in [0.25, 0.3) is 5.91 Å². The number of nitrogens with zero attached hydrogens (tertiary/aromatic N) is 1. The molecule has 0 unspecified atom stereocenters. The molecular formula is C15H21NO3. The first kappa shape index (κ1) is 15.2. The summed E-state index contributed by atoms with van der Waals surface area (Å²) >= 11 is 0. The summed E-state index contributed by atoms with van der Waals surface area (Å²) in [7, 11) is 3.12. The third-order valence-electron chi connectivity index (χ3n) is 2.92. The first-order valence-corrected chi connectivity index (χ1v) is 6.34. The van der Waals surface area contributed by atoms with Crippen LogP contribution in [0.3, 0.4) is 0 Å². The van der Waals surface area contributed by atoms with Gasteiger partial charge in [-0.15, -0.1) is 0 Å². The van der Waals surface area contributed by atoms with E-state index >= 15 is 0 Å². The second kappa shape index (κ2) is 6.92. The lowest BCUT2D eigenvalue weighted by Crippen LogP contribution is -2.28. The Morgan fingerprint density at radius 1 is 1.16 bits per heavy atom. The zero-order chi connectivity index (χ0) is 14.4. The molecule has 19 heavy (non-hydrogen) atoms. The Balaban J connectivity index is 2.59. The van der Waals surface area contributed by atoms with Gasteiger partial charge in [0.2, 0.25) is 0 Å². The van der Waals surface area contributed by atoms with Crippen LogP contribution in [0.25, 0.3) is 0 Å². The maximum Gasteiger partial charge on any atom is 0.305 e. The second-order valence-electron chi connectivity index (χ2n) is 4.78. The van der Waals surface area contributed by atoms with Crippen molar-refractivity contribution in [3.8, 4) is 0 Å². The summed E-state index contributed by atoms with van der Waals surface area (Å²) in [5, 5.41) is 0. The van der Waals surface area contributed by atoms with Crippen molar-refractivity contribution in [3.63, 3.8) is 0 Å². The van der Waals surface area contributed by atoms with Crippen LogP contribution < -0.4 is 0 Å². The topological polar surface area (TPSA) is 46.6 Å². The predicted octanol–water partition coefficient (Wildman–Crippen LogP) is 2.33. The summed E-state index contributed by atoms with van der Waals surface area (Å²) in [5.74, 6) is -0.260. The highest BCUT2D eigenvalue weighted by Gasteiger charge is 2.12. The number of carbonyl (C=O) groups is 2. The van der Waals surface area contributed by atoms with E-state index in [9.17, 15) is 9.59 Å². The highest BCUT2D eigenvalue weighted by Crippen LogP contribution is 2.11. The first-order valence-electron chi connectivity index (χ1n) is 6.34. The van der Waals surface area contributed by atoms with E-state index in [0.29, 0.717) is 24.9 Å². The number of hydrogen-bond donors (Lipinski definition) is 0. The SMILES string of the molecule is COC(=O)CCCN(C)C(=O)c1cc(C)cc(C)c1. The van der Waals surface area contributed by atoms with Crippen molar-refractivity contribution in [2.45, 2.75) is 26.7 Å². The molecule has 1 rings (SSSR count). The number of esters is 1. The van der Waals surface area contributed by atoms with Crippen molar-refractivity contribution in [2.75, 3.05) is 20.7 Å². The highest BCUT2D eigenvalue weighted by molar-refractivity contribution is 5.94. The van der Waals surface area contributed by atoms with Crippen molar-refractivity contribution >= 4 is 11.9 Å². The molecule has 0 fully saturated rings. The Hall–Kier alpha value is -1.84. The first-order chi connectivity index (χ1) is 8.93. The zero-order valence-electron chi connectivity index (χ0n) is 12.0. The molecule has 0 atom stereocenters. The molecule has 0 heterocycles. The lowest BCUT2D eigenvalue weighted by atomic mass is 10.1. The number of aryl methyl sites for hydroxylation is 2. The minimum Gasteiger partial charge on any atom is -0.469 e. The minimum absolute atomic E-state index is 0.0170. The van der Waals surface area contributed by atoms with Crippen LogP contribution >= 0.6 is 0 Å². The largest absolute Gasteiger partial charge is 0.469 e. The quantitative estimate of drug-likeness (QED) is 0.766.